The van der Waals surface area contributed by atoms with Gasteiger partial charge in [-0.2, -0.15) is 0 Å². The highest BCUT2D eigenvalue weighted by molar-refractivity contribution is 7.89. The second kappa shape index (κ2) is 8.14. The molecule has 0 fully saturated rings. The first-order valence-corrected chi connectivity index (χ1v) is 9.38. The minimum Gasteiger partial charge on any atom is -0.496 e. The Kier molecular flexibility index (Phi) is 6.40. The second-order valence-electron chi connectivity index (χ2n) is 5.69. The van der Waals surface area contributed by atoms with Crippen LogP contribution in [0.25, 0.3) is 11.1 Å². The van der Waals surface area contributed by atoms with Crippen molar-refractivity contribution in [3.8, 4) is 16.9 Å². The van der Waals surface area contributed by atoms with Gasteiger partial charge >= 0.3 is 0 Å². The molecule has 0 spiro atoms. The molecule has 0 aliphatic carbocycles. The molecule has 2 aromatic carbocycles. The van der Waals surface area contributed by atoms with Gasteiger partial charge in [-0.3, -0.25) is 0 Å². The summed E-state index contributed by atoms with van der Waals surface area (Å²) in [6, 6.07) is 8.40. The number of sulfonamides is 1. The summed E-state index contributed by atoms with van der Waals surface area (Å²) in [7, 11) is 1.51. The summed E-state index contributed by atoms with van der Waals surface area (Å²) in [5, 5.41) is 0.174. The van der Waals surface area contributed by atoms with E-state index in [2.05, 4.69) is 4.72 Å². The number of ether oxygens (including phenoxy) is 1. The van der Waals surface area contributed by atoms with E-state index >= 15 is 0 Å². The van der Waals surface area contributed by atoms with E-state index in [1.807, 2.05) is 19.0 Å². The van der Waals surface area contributed by atoms with Gasteiger partial charge in [0.1, 0.15) is 11.6 Å². The summed E-state index contributed by atoms with van der Waals surface area (Å²) in [5.74, 6) is -0.0254. The van der Waals surface area contributed by atoms with Crippen LogP contribution in [0, 0.1) is 5.82 Å². The van der Waals surface area contributed by atoms with Crippen LogP contribution in [0.3, 0.4) is 0 Å². The molecule has 0 aliphatic rings. The zero-order valence-electron chi connectivity index (χ0n) is 14.2. The van der Waals surface area contributed by atoms with Crippen LogP contribution >= 0.6 is 11.6 Å². The molecule has 0 atom stereocenters. The molecule has 0 radical (unpaired) electrons. The van der Waals surface area contributed by atoms with Gasteiger partial charge in [-0.05, 0) is 50.5 Å². The number of nitrogens with zero attached hydrogens (tertiary/aromatic N) is 1. The standard InChI is InChI=1S/C17H20ClFN2O3S/c1-21(2)9-8-20-25(22,23)13-5-7-17(24-3)15(11-13)14-6-4-12(19)10-16(14)18/h4-7,10-11,20H,8-9H2,1-3H3. The Balaban J connectivity index is 2.43. The first-order valence-electron chi connectivity index (χ1n) is 7.52. The first-order chi connectivity index (χ1) is 11.7. The van der Waals surface area contributed by atoms with Crippen molar-refractivity contribution in [3.05, 3.63) is 47.2 Å². The van der Waals surface area contributed by atoms with Crippen LogP contribution in [0.1, 0.15) is 0 Å². The quantitative estimate of drug-likeness (QED) is 0.794. The maximum Gasteiger partial charge on any atom is 0.240 e. The molecule has 5 nitrogen and oxygen atoms in total. The lowest BCUT2D eigenvalue weighted by atomic mass is 10.0. The zero-order chi connectivity index (χ0) is 18.6. The summed E-state index contributed by atoms with van der Waals surface area (Å²) in [6.45, 7) is 0.861. The van der Waals surface area contributed by atoms with E-state index in [4.69, 9.17) is 16.3 Å². The highest BCUT2D eigenvalue weighted by Crippen LogP contribution is 2.36. The highest BCUT2D eigenvalue weighted by atomic mass is 35.5. The zero-order valence-corrected chi connectivity index (χ0v) is 15.8. The molecule has 0 bridgehead atoms. The number of methoxy groups -OCH3 is 1. The fourth-order valence-electron chi connectivity index (χ4n) is 2.26. The molecule has 8 heteroatoms. The Bertz CT molecular complexity index is 857. The molecule has 2 aromatic rings. The van der Waals surface area contributed by atoms with E-state index in [0.29, 0.717) is 23.4 Å². The van der Waals surface area contributed by atoms with E-state index in [1.54, 1.807) is 6.07 Å². The van der Waals surface area contributed by atoms with E-state index < -0.39 is 15.8 Å². The van der Waals surface area contributed by atoms with Gasteiger partial charge in [-0.15, -0.1) is 0 Å². The fraction of sp³-hybridized carbons (Fsp3) is 0.294. The summed E-state index contributed by atoms with van der Waals surface area (Å²) >= 11 is 6.11. The van der Waals surface area contributed by atoms with Crippen molar-refractivity contribution >= 4 is 21.6 Å². The predicted octanol–water partition coefficient (Wildman–Crippen LogP) is 2.99. The van der Waals surface area contributed by atoms with Gasteiger partial charge in [0.05, 0.1) is 17.0 Å². The molecule has 0 heterocycles. The minimum absolute atomic E-state index is 0.0856. The largest absolute Gasteiger partial charge is 0.496 e. The maximum absolute atomic E-state index is 13.3. The summed E-state index contributed by atoms with van der Waals surface area (Å²) in [6.07, 6.45) is 0. The fourth-order valence-corrected chi connectivity index (χ4v) is 3.58. The highest BCUT2D eigenvalue weighted by Gasteiger charge is 2.18. The van der Waals surface area contributed by atoms with E-state index in [1.165, 1.54) is 37.4 Å². The third-order valence-corrected chi connectivity index (χ3v) is 5.33. The Labute approximate surface area is 152 Å². The second-order valence-corrected chi connectivity index (χ2v) is 7.86. The Morgan fingerprint density at radius 3 is 2.48 bits per heavy atom. The van der Waals surface area contributed by atoms with Gasteiger partial charge in [0, 0.05) is 24.2 Å². The lowest BCUT2D eigenvalue weighted by Crippen LogP contribution is -2.31. The number of hydrogen-bond acceptors (Lipinski definition) is 4. The van der Waals surface area contributed by atoms with Gasteiger partial charge in [0.15, 0.2) is 0 Å². The average molecular weight is 387 g/mol. The van der Waals surface area contributed by atoms with Crippen molar-refractivity contribution < 1.29 is 17.5 Å². The van der Waals surface area contributed by atoms with Crippen molar-refractivity contribution in [1.82, 2.24) is 9.62 Å². The van der Waals surface area contributed by atoms with Crippen molar-refractivity contribution in [2.75, 3.05) is 34.3 Å². The Hall–Kier alpha value is -1.67. The van der Waals surface area contributed by atoms with Crippen LogP contribution in [0.15, 0.2) is 41.3 Å². The molecule has 0 unspecified atom stereocenters. The molecule has 2 rings (SSSR count). The van der Waals surface area contributed by atoms with Crippen LogP contribution in [0.2, 0.25) is 5.02 Å². The van der Waals surface area contributed by atoms with Crippen molar-refractivity contribution in [1.29, 1.82) is 0 Å². The molecule has 0 aliphatic heterocycles. The van der Waals surface area contributed by atoms with Crippen molar-refractivity contribution in [2.45, 2.75) is 4.90 Å². The third-order valence-electron chi connectivity index (χ3n) is 3.55. The maximum atomic E-state index is 13.3. The third kappa shape index (κ3) is 4.92. The smallest absolute Gasteiger partial charge is 0.240 e. The molecular formula is C17H20ClFN2O3S. The van der Waals surface area contributed by atoms with E-state index in [9.17, 15) is 12.8 Å². The number of rotatable bonds is 7. The number of benzene rings is 2. The number of nitrogens with one attached hydrogen (secondary N) is 1. The van der Waals surface area contributed by atoms with E-state index in [-0.39, 0.29) is 16.5 Å². The van der Waals surface area contributed by atoms with Crippen LogP contribution in [0.4, 0.5) is 4.39 Å². The monoisotopic (exact) mass is 386 g/mol. The van der Waals surface area contributed by atoms with Crippen molar-refractivity contribution in [2.24, 2.45) is 0 Å². The SMILES string of the molecule is COc1ccc(S(=O)(=O)NCCN(C)C)cc1-c1ccc(F)cc1Cl. The van der Waals surface area contributed by atoms with Crippen LogP contribution in [0.5, 0.6) is 5.75 Å². The number of hydrogen-bond donors (Lipinski definition) is 1. The Morgan fingerprint density at radius 2 is 1.88 bits per heavy atom. The predicted molar refractivity (Wildman–Crippen MR) is 97.1 cm³/mol. The molecule has 0 saturated heterocycles. The minimum atomic E-state index is -3.68. The van der Waals surface area contributed by atoms with Gasteiger partial charge in [-0.25, -0.2) is 17.5 Å². The van der Waals surface area contributed by atoms with Gasteiger partial charge in [0.2, 0.25) is 10.0 Å². The Morgan fingerprint density at radius 1 is 1.16 bits per heavy atom. The molecule has 1 N–H and O–H groups in total. The summed E-state index contributed by atoms with van der Waals surface area (Å²) in [5.41, 5.74) is 0.966. The van der Waals surface area contributed by atoms with Crippen LogP contribution in [-0.4, -0.2) is 47.6 Å². The summed E-state index contributed by atoms with van der Waals surface area (Å²) in [4.78, 5) is 1.96. The number of likely N-dealkylation sites (N-methyl/N-ethyl adjacent to an activating group) is 1. The first kappa shape index (κ1) is 19.7. The number of halogens is 2. The molecule has 136 valence electrons. The molecule has 0 amide bonds. The van der Waals surface area contributed by atoms with Gasteiger partial charge < -0.3 is 9.64 Å². The van der Waals surface area contributed by atoms with Crippen LogP contribution in [-0.2, 0) is 10.0 Å². The normalized spacial score (nSPS) is 11.8. The van der Waals surface area contributed by atoms with E-state index in [0.717, 1.165) is 0 Å². The van der Waals surface area contributed by atoms with Crippen molar-refractivity contribution in [3.63, 3.8) is 0 Å². The lowest BCUT2D eigenvalue weighted by molar-refractivity contribution is 0.412. The topological polar surface area (TPSA) is 58.6 Å². The average Bonchev–Trinajstić information content (AvgIpc) is 2.53. The summed E-state index contributed by atoms with van der Waals surface area (Å²) < 4.78 is 46.1. The molecule has 25 heavy (non-hydrogen) atoms. The molecular weight excluding hydrogens is 367 g/mol. The molecule has 0 saturated carbocycles. The lowest BCUT2D eigenvalue weighted by Gasteiger charge is -2.14. The van der Waals surface area contributed by atoms with Gasteiger partial charge in [-0.1, -0.05) is 11.6 Å². The molecule has 0 aromatic heterocycles. The van der Waals surface area contributed by atoms with Gasteiger partial charge in [0.25, 0.3) is 0 Å². The van der Waals surface area contributed by atoms with Crippen LogP contribution < -0.4 is 9.46 Å².